The van der Waals surface area contributed by atoms with E-state index in [1.807, 2.05) is 0 Å². The number of hydrogen-bond donors (Lipinski definition) is 2. The smallest absolute Gasteiger partial charge is 0.271 e. The zero-order valence-electron chi connectivity index (χ0n) is 18.1. The molecule has 6 atom stereocenters. The van der Waals surface area contributed by atoms with Gasteiger partial charge in [-0.2, -0.15) is 5.10 Å². The minimum absolute atomic E-state index is 0.0859. The average molecular weight is 408 g/mol. The van der Waals surface area contributed by atoms with Gasteiger partial charge in [0.1, 0.15) is 0 Å². The molecule has 0 radical (unpaired) electrons. The molecule has 5 heteroatoms. The summed E-state index contributed by atoms with van der Waals surface area (Å²) < 4.78 is 0. The topological polar surface area (TPSA) is 74.6 Å². The third-order valence-corrected chi connectivity index (χ3v) is 9.05. The number of nitrogens with zero attached hydrogens (tertiary/aromatic N) is 2. The number of allylic oxidation sites excluding steroid dienone is 1. The maximum absolute atomic E-state index is 12.4. The Morgan fingerprint density at radius 1 is 1.13 bits per heavy atom. The summed E-state index contributed by atoms with van der Waals surface area (Å²) >= 11 is 0. The van der Waals surface area contributed by atoms with Crippen LogP contribution in [0.5, 0.6) is 0 Å². The molecule has 3 fully saturated rings. The van der Waals surface area contributed by atoms with Gasteiger partial charge in [0.05, 0.1) is 6.10 Å². The summed E-state index contributed by atoms with van der Waals surface area (Å²) in [5.74, 6) is 1.88. The van der Waals surface area contributed by atoms with Crippen LogP contribution < -0.4 is 5.43 Å². The fraction of sp³-hybridized carbons (Fsp3) is 0.640. The Morgan fingerprint density at radius 3 is 2.67 bits per heavy atom. The second-order valence-electron chi connectivity index (χ2n) is 10.4. The van der Waals surface area contributed by atoms with Crippen molar-refractivity contribution in [2.24, 2.45) is 33.7 Å². The first kappa shape index (κ1) is 19.9. The van der Waals surface area contributed by atoms with Crippen molar-refractivity contribution in [3.63, 3.8) is 0 Å². The van der Waals surface area contributed by atoms with Crippen molar-refractivity contribution in [1.29, 1.82) is 0 Å². The Hall–Kier alpha value is -2.01. The third-order valence-electron chi connectivity index (χ3n) is 9.05. The number of rotatable bonds is 2. The molecule has 1 heterocycles. The Kier molecular flexibility index (Phi) is 4.85. The minimum atomic E-state index is -0.163. The van der Waals surface area contributed by atoms with E-state index in [-0.39, 0.29) is 22.8 Å². The summed E-state index contributed by atoms with van der Waals surface area (Å²) in [6.45, 7) is 4.84. The van der Waals surface area contributed by atoms with E-state index in [9.17, 15) is 9.90 Å². The van der Waals surface area contributed by atoms with Crippen molar-refractivity contribution in [3.05, 3.63) is 41.7 Å². The standard InChI is InChI=1S/C25H33N3O2/c1-24-11-7-18(29)15-17(24)3-4-19-20-5-6-22(25(20,2)12-8-21(19)24)27-28-23(30)16-9-13-26-14-10-16/h3,9-10,13-14,18-21,29H,4-8,11-12,15H2,1-2H3,(H,28,30)/t18?,19?,20?,21?,24-,25-/m0/s1. The number of amides is 1. The number of aliphatic hydroxyl groups is 1. The fourth-order valence-electron chi connectivity index (χ4n) is 7.30. The summed E-state index contributed by atoms with van der Waals surface area (Å²) in [4.78, 5) is 16.4. The molecule has 5 nitrogen and oxygen atoms in total. The normalized spacial score (nSPS) is 41.4. The number of aromatic nitrogens is 1. The predicted molar refractivity (Wildman–Crippen MR) is 117 cm³/mol. The van der Waals surface area contributed by atoms with Crippen molar-refractivity contribution in [3.8, 4) is 0 Å². The maximum atomic E-state index is 12.4. The third kappa shape index (κ3) is 3.05. The second kappa shape index (κ2) is 7.30. The quantitative estimate of drug-likeness (QED) is 0.560. The SMILES string of the molecule is C[C@]12CCC(O)CC1=CCC1C2CC[C@]2(C)C(=NNC(=O)c3ccncc3)CCC12. The van der Waals surface area contributed by atoms with Gasteiger partial charge < -0.3 is 5.11 Å². The van der Waals surface area contributed by atoms with E-state index in [2.05, 4.69) is 35.4 Å². The molecule has 2 N–H and O–H groups in total. The molecule has 30 heavy (non-hydrogen) atoms. The highest BCUT2D eigenvalue weighted by Crippen LogP contribution is 2.64. The fourth-order valence-corrected chi connectivity index (χ4v) is 7.30. The number of nitrogens with one attached hydrogen (secondary N) is 1. The molecule has 0 spiro atoms. The van der Waals surface area contributed by atoms with Crippen LogP contribution in [0, 0.1) is 28.6 Å². The Labute approximate surface area is 179 Å². The van der Waals surface area contributed by atoms with Gasteiger partial charge in [0, 0.05) is 29.1 Å². The number of carbonyl (C=O) groups is 1. The van der Waals surface area contributed by atoms with Crippen LogP contribution in [0.4, 0.5) is 0 Å². The van der Waals surface area contributed by atoms with Gasteiger partial charge >= 0.3 is 0 Å². The molecule has 1 aromatic heterocycles. The van der Waals surface area contributed by atoms with Crippen LogP contribution in [0.1, 0.15) is 75.6 Å². The average Bonchev–Trinajstić information content (AvgIpc) is 3.09. The molecule has 1 amide bonds. The van der Waals surface area contributed by atoms with Gasteiger partial charge in [0.15, 0.2) is 0 Å². The molecule has 4 aliphatic carbocycles. The molecule has 0 aliphatic heterocycles. The molecule has 5 rings (SSSR count). The van der Waals surface area contributed by atoms with Crippen molar-refractivity contribution in [2.45, 2.75) is 71.3 Å². The Morgan fingerprint density at radius 2 is 1.87 bits per heavy atom. The van der Waals surface area contributed by atoms with Crippen LogP contribution >= 0.6 is 0 Å². The van der Waals surface area contributed by atoms with Gasteiger partial charge in [-0.3, -0.25) is 9.78 Å². The zero-order chi connectivity index (χ0) is 20.9. The summed E-state index contributed by atoms with van der Waals surface area (Å²) in [6.07, 6.45) is 14.2. The first-order valence-electron chi connectivity index (χ1n) is 11.6. The zero-order valence-corrected chi connectivity index (χ0v) is 18.1. The van der Waals surface area contributed by atoms with Crippen LogP contribution in [0.3, 0.4) is 0 Å². The number of hydrogen-bond acceptors (Lipinski definition) is 4. The van der Waals surface area contributed by atoms with Gasteiger partial charge in [0.2, 0.25) is 0 Å². The van der Waals surface area contributed by atoms with Crippen molar-refractivity contribution in [1.82, 2.24) is 10.4 Å². The first-order valence-corrected chi connectivity index (χ1v) is 11.6. The van der Waals surface area contributed by atoms with Gasteiger partial charge in [0.25, 0.3) is 5.91 Å². The number of pyridine rings is 1. The summed E-state index contributed by atoms with van der Waals surface area (Å²) in [5, 5.41) is 14.8. The minimum Gasteiger partial charge on any atom is -0.393 e. The van der Waals surface area contributed by atoms with Gasteiger partial charge in [-0.25, -0.2) is 5.43 Å². The molecule has 3 saturated carbocycles. The highest BCUT2D eigenvalue weighted by Gasteiger charge is 2.57. The predicted octanol–water partition coefficient (Wildman–Crippen LogP) is 4.49. The van der Waals surface area contributed by atoms with Crippen LogP contribution in [0.15, 0.2) is 41.3 Å². The highest BCUT2D eigenvalue weighted by molar-refractivity contribution is 5.97. The largest absolute Gasteiger partial charge is 0.393 e. The lowest BCUT2D eigenvalue weighted by molar-refractivity contribution is -0.0209. The van der Waals surface area contributed by atoms with E-state index >= 15 is 0 Å². The lowest BCUT2D eigenvalue weighted by Gasteiger charge is -2.57. The first-order chi connectivity index (χ1) is 14.4. The number of carbonyl (C=O) groups excluding carboxylic acids is 1. The molecule has 4 aliphatic rings. The van der Waals surface area contributed by atoms with E-state index < -0.39 is 0 Å². The maximum Gasteiger partial charge on any atom is 0.271 e. The van der Waals surface area contributed by atoms with Crippen molar-refractivity contribution in [2.75, 3.05) is 0 Å². The highest BCUT2D eigenvalue weighted by atomic mass is 16.3. The lowest BCUT2D eigenvalue weighted by atomic mass is 9.48. The van der Waals surface area contributed by atoms with Crippen LogP contribution in [-0.4, -0.2) is 27.8 Å². The van der Waals surface area contributed by atoms with Gasteiger partial charge in [-0.05, 0) is 86.7 Å². The molecule has 0 bridgehead atoms. The van der Waals surface area contributed by atoms with Gasteiger partial charge in [-0.15, -0.1) is 0 Å². The van der Waals surface area contributed by atoms with Crippen LogP contribution in [0.25, 0.3) is 0 Å². The van der Waals surface area contributed by atoms with E-state index in [1.165, 1.54) is 24.1 Å². The van der Waals surface area contributed by atoms with Crippen LogP contribution in [0.2, 0.25) is 0 Å². The monoisotopic (exact) mass is 407 g/mol. The molecule has 0 aromatic carbocycles. The van der Waals surface area contributed by atoms with E-state index in [0.717, 1.165) is 38.5 Å². The van der Waals surface area contributed by atoms with Crippen molar-refractivity contribution < 1.29 is 9.90 Å². The number of fused-ring (bicyclic) bond motifs is 5. The summed E-state index contributed by atoms with van der Waals surface area (Å²) in [7, 11) is 0. The van der Waals surface area contributed by atoms with Crippen molar-refractivity contribution >= 4 is 11.6 Å². The molecule has 0 saturated heterocycles. The van der Waals surface area contributed by atoms with Gasteiger partial charge in [-0.1, -0.05) is 25.5 Å². The molecule has 4 unspecified atom stereocenters. The van der Waals surface area contributed by atoms with E-state index in [1.54, 1.807) is 24.5 Å². The molecular weight excluding hydrogens is 374 g/mol. The Balaban J connectivity index is 1.36. The van der Waals surface area contributed by atoms with E-state index in [0.29, 0.717) is 23.3 Å². The number of hydrazone groups is 1. The second-order valence-corrected chi connectivity index (χ2v) is 10.4. The summed E-state index contributed by atoms with van der Waals surface area (Å²) in [6, 6.07) is 3.43. The molecule has 160 valence electrons. The molecular formula is C25H33N3O2. The Bertz CT molecular complexity index is 895. The summed E-state index contributed by atoms with van der Waals surface area (Å²) in [5.41, 5.74) is 6.44. The molecule has 1 aromatic rings. The van der Waals surface area contributed by atoms with Crippen LogP contribution in [-0.2, 0) is 0 Å². The lowest BCUT2D eigenvalue weighted by Crippen LogP contribution is -2.50. The number of aliphatic hydroxyl groups excluding tert-OH is 1. The van der Waals surface area contributed by atoms with E-state index in [4.69, 9.17) is 0 Å².